The third-order valence-corrected chi connectivity index (χ3v) is 9.52. The van der Waals surface area contributed by atoms with E-state index in [1.807, 2.05) is 55.5 Å². The second kappa shape index (κ2) is 10.8. The monoisotopic (exact) mass is 534 g/mol. The van der Waals surface area contributed by atoms with E-state index < -0.39 is 22.2 Å². The number of sulfonamides is 1. The molecule has 0 radical (unpaired) electrons. The summed E-state index contributed by atoms with van der Waals surface area (Å²) in [5, 5.41) is 0. The van der Waals surface area contributed by atoms with Gasteiger partial charge in [0.15, 0.2) is 0 Å². The number of para-hydroxylation sites is 1. The van der Waals surface area contributed by atoms with Crippen LogP contribution in [0.1, 0.15) is 24.1 Å². The molecule has 2 aliphatic rings. The number of likely N-dealkylation sites (N-methyl/N-ethyl adjacent to an activating group) is 1. The first-order valence-corrected chi connectivity index (χ1v) is 14.4. The van der Waals surface area contributed by atoms with Gasteiger partial charge in [-0.05, 0) is 80.1 Å². The molecular weight excluding hydrogens is 500 g/mol. The highest BCUT2D eigenvalue weighted by atomic mass is 32.2. The summed E-state index contributed by atoms with van der Waals surface area (Å²) < 4.78 is 34.5. The summed E-state index contributed by atoms with van der Waals surface area (Å²) in [6.07, 6.45) is 0.0840. The van der Waals surface area contributed by atoms with Gasteiger partial charge in [0.25, 0.3) is 0 Å². The van der Waals surface area contributed by atoms with Gasteiger partial charge >= 0.3 is 6.09 Å². The predicted molar refractivity (Wildman–Crippen MR) is 149 cm³/mol. The van der Waals surface area contributed by atoms with E-state index in [-0.39, 0.29) is 4.90 Å². The number of nitrogens with zero attached hydrogens (tertiary/aromatic N) is 4. The topological polar surface area (TPSA) is 73.4 Å². The normalized spacial score (nSPS) is 18.6. The maximum absolute atomic E-state index is 13.7. The number of piperazine rings is 1. The lowest BCUT2D eigenvalue weighted by Gasteiger charge is -2.35. The Hall–Kier alpha value is -3.40. The Morgan fingerprint density at radius 3 is 2.29 bits per heavy atom. The molecule has 2 aliphatic heterocycles. The van der Waals surface area contributed by atoms with Crippen molar-refractivity contribution in [1.82, 2.24) is 9.21 Å². The molecule has 9 heteroatoms. The summed E-state index contributed by atoms with van der Waals surface area (Å²) in [6.45, 7) is 6.12. The minimum atomic E-state index is -3.70. The Kier molecular flexibility index (Phi) is 7.43. The van der Waals surface area contributed by atoms with Crippen molar-refractivity contribution in [2.75, 3.05) is 56.6 Å². The van der Waals surface area contributed by atoms with E-state index in [1.165, 1.54) is 4.90 Å². The number of hydrogen-bond acceptors (Lipinski definition) is 6. The van der Waals surface area contributed by atoms with Gasteiger partial charge < -0.3 is 14.5 Å². The van der Waals surface area contributed by atoms with E-state index in [2.05, 4.69) is 16.8 Å². The largest absolute Gasteiger partial charge is 0.419 e. The van der Waals surface area contributed by atoms with Crippen LogP contribution in [-0.2, 0) is 16.4 Å². The highest BCUT2D eigenvalue weighted by Crippen LogP contribution is 2.36. The predicted octanol–water partition coefficient (Wildman–Crippen LogP) is 4.38. The van der Waals surface area contributed by atoms with Crippen molar-refractivity contribution in [3.8, 4) is 5.75 Å². The molecule has 1 fully saturated rings. The van der Waals surface area contributed by atoms with Gasteiger partial charge in [-0.2, -0.15) is 4.31 Å². The molecule has 1 amide bonds. The second-order valence-corrected chi connectivity index (χ2v) is 11.8. The maximum atomic E-state index is 13.7. The molecule has 0 aliphatic carbocycles. The average molecular weight is 535 g/mol. The lowest BCUT2D eigenvalue weighted by atomic mass is 9.95. The molecule has 5 rings (SSSR count). The number of anilines is 2. The van der Waals surface area contributed by atoms with Crippen molar-refractivity contribution < 1.29 is 17.9 Å². The van der Waals surface area contributed by atoms with Crippen molar-refractivity contribution in [1.29, 1.82) is 0 Å². The number of hydrogen-bond donors (Lipinski definition) is 0. The quantitative estimate of drug-likeness (QED) is 0.484. The Morgan fingerprint density at radius 2 is 1.61 bits per heavy atom. The lowest BCUT2D eigenvalue weighted by Crippen LogP contribution is -2.44. The van der Waals surface area contributed by atoms with Gasteiger partial charge in [0, 0.05) is 57.2 Å². The van der Waals surface area contributed by atoms with E-state index in [0.717, 1.165) is 48.7 Å². The van der Waals surface area contributed by atoms with E-state index in [9.17, 15) is 13.2 Å². The molecule has 3 aromatic rings. The Balaban J connectivity index is 1.32. The summed E-state index contributed by atoms with van der Waals surface area (Å²) in [7, 11) is 0.0620. The van der Waals surface area contributed by atoms with Gasteiger partial charge in [-0.25, -0.2) is 13.2 Å². The van der Waals surface area contributed by atoms with E-state index >= 15 is 0 Å². The average Bonchev–Trinajstić information content (AvgIpc) is 2.94. The fraction of sp³-hybridized carbons (Fsp3) is 0.345. The molecule has 2 heterocycles. The molecule has 0 spiro atoms. The Morgan fingerprint density at radius 1 is 0.921 bits per heavy atom. The maximum Gasteiger partial charge on any atom is 0.419 e. The molecule has 1 atom stereocenters. The van der Waals surface area contributed by atoms with Gasteiger partial charge in [0.05, 0.1) is 4.90 Å². The van der Waals surface area contributed by atoms with Crippen LogP contribution in [0.4, 0.5) is 16.2 Å². The van der Waals surface area contributed by atoms with Gasteiger partial charge in [-0.15, -0.1) is 0 Å². The van der Waals surface area contributed by atoms with Crippen LogP contribution in [0.15, 0.2) is 77.7 Å². The second-order valence-electron chi connectivity index (χ2n) is 9.95. The smallest absolute Gasteiger partial charge is 0.410 e. The van der Waals surface area contributed by atoms with Gasteiger partial charge in [0.2, 0.25) is 10.0 Å². The van der Waals surface area contributed by atoms with Crippen molar-refractivity contribution in [2.45, 2.75) is 24.3 Å². The lowest BCUT2D eigenvalue weighted by molar-refractivity contribution is 0.209. The molecule has 1 unspecified atom stereocenters. The van der Waals surface area contributed by atoms with Crippen LogP contribution in [0.5, 0.6) is 5.75 Å². The first-order chi connectivity index (χ1) is 18.2. The first-order valence-electron chi connectivity index (χ1n) is 12.9. The third kappa shape index (κ3) is 5.27. The van der Waals surface area contributed by atoms with E-state index in [4.69, 9.17) is 4.74 Å². The molecule has 0 N–H and O–H groups in total. The van der Waals surface area contributed by atoms with Crippen LogP contribution in [0.2, 0.25) is 0 Å². The highest BCUT2D eigenvalue weighted by molar-refractivity contribution is 7.89. The zero-order chi connectivity index (χ0) is 26.9. The number of amides is 1. The molecule has 3 aromatic carbocycles. The number of carbonyl (C=O) groups excluding carboxylic acids is 1. The zero-order valence-electron chi connectivity index (χ0n) is 22.1. The summed E-state index contributed by atoms with van der Waals surface area (Å²) in [5.74, 6) is 0.388. The van der Waals surface area contributed by atoms with Gasteiger partial charge in [-0.3, -0.25) is 4.90 Å². The van der Waals surface area contributed by atoms with Crippen LogP contribution in [0.3, 0.4) is 0 Å². The fourth-order valence-corrected chi connectivity index (χ4v) is 6.73. The minimum Gasteiger partial charge on any atom is -0.410 e. The number of benzene rings is 3. The zero-order valence-corrected chi connectivity index (χ0v) is 22.9. The number of ether oxygens (including phenoxy) is 1. The SMILES string of the molecule is CC1c2cc(OC(=O)N(C)c3ccccc3)ccc2CCN1S(=O)(=O)c1ccc(N2CCN(C)CC2)cc1. The number of rotatable bonds is 5. The number of fused-ring (bicyclic) bond motifs is 1. The van der Waals surface area contributed by atoms with E-state index in [1.54, 1.807) is 35.6 Å². The molecule has 1 saturated heterocycles. The van der Waals surface area contributed by atoms with Crippen LogP contribution in [0, 0.1) is 0 Å². The van der Waals surface area contributed by atoms with Crippen molar-refractivity contribution >= 4 is 27.5 Å². The van der Waals surface area contributed by atoms with Crippen molar-refractivity contribution in [3.63, 3.8) is 0 Å². The minimum absolute atomic E-state index is 0.290. The molecule has 38 heavy (non-hydrogen) atoms. The van der Waals surface area contributed by atoms with E-state index in [0.29, 0.717) is 18.7 Å². The first kappa shape index (κ1) is 26.2. The molecule has 8 nitrogen and oxygen atoms in total. The Labute approximate surface area is 225 Å². The van der Waals surface area contributed by atoms with Crippen LogP contribution in [0.25, 0.3) is 0 Å². The standard InChI is InChI=1S/C29H34N4O4S/c1-22-28-21-26(37-29(34)31(3)24-7-5-4-6-8-24)12-9-23(28)15-16-33(22)38(35,36)27-13-10-25(11-14-27)32-19-17-30(2)18-20-32/h4-14,21-22H,15-20H2,1-3H3. The summed E-state index contributed by atoms with van der Waals surface area (Å²) >= 11 is 0. The summed E-state index contributed by atoms with van der Waals surface area (Å²) in [4.78, 5) is 19.0. The van der Waals surface area contributed by atoms with Crippen LogP contribution >= 0.6 is 0 Å². The number of carbonyl (C=O) groups is 1. The molecule has 0 bridgehead atoms. The summed E-state index contributed by atoms with van der Waals surface area (Å²) in [6, 6.07) is 21.6. The van der Waals surface area contributed by atoms with Crippen LogP contribution < -0.4 is 14.5 Å². The Bertz CT molecular complexity index is 1390. The van der Waals surface area contributed by atoms with Crippen LogP contribution in [-0.4, -0.2) is 70.5 Å². The highest BCUT2D eigenvalue weighted by Gasteiger charge is 2.34. The van der Waals surface area contributed by atoms with Crippen molar-refractivity contribution in [2.24, 2.45) is 0 Å². The van der Waals surface area contributed by atoms with Gasteiger partial charge in [0.1, 0.15) is 5.75 Å². The van der Waals surface area contributed by atoms with Gasteiger partial charge in [-0.1, -0.05) is 24.3 Å². The molecular formula is C29H34N4O4S. The van der Waals surface area contributed by atoms with Crippen molar-refractivity contribution in [3.05, 3.63) is 83.9 Å². The third-order valence-electron chi connectivity index (χ3n) is 7.54. The molecule has 200 valence electrons. The summed E-state index contributed by atoms with van der Waals surface area (Å²) in [5.41, 5.74) is 3.67. The fourth-order valence-electron chi connectivity index (χ4n) is 5.12. The molecule has 0 aromatic heterocycles. The molecule has 0 saturated carbocycles.